The van der Waals surface area contributed by atoms with Crippen molar-refractivity contribution >= 4 is 21.7 Å². The minimum Gasteiger partial charge on any atom is -0.370 e. The van der Waals surface area contributed by atoms with Crippen LogP contribution in [0.4, 0.5) is 5.82 Å². The lowest BCUT2D eigenvalue weighted by Gasteiger charge is -2.04. The standard InChI is InChI=1S/C10H12BrN5/c11-8-3-1-4-9(15-8)12-6-2-5-10-13-7-14-16-10/h1,3-4,7H,2,5-6H2,(H,12,15)(H,13,14,16). The summed E-state index contributed by atoms with van der Waals surface area (Å²) in [5, 5.41) is 9.87. The third-order valence-corrected chi connectivity index (χ3v) is 2.52. The van der Waals surface area contributed by atoms with Crippen molar-refractivity contribution in [2.24, 2.45) is 0 Å². The maximum Gasteiger partial charge on any atom is 0.137 e. The first-order valence-corrected chi connectivity index (χ1v) is 5.84. The minimum atomic E-state index is 0.840. The molecule has 16 heavy (non-hydrogen) atoms. The Morgan fingerprint density at radius 1 is 1.38 bits per heavy atom. The number of halogens is 1. The maximum absolute atomic E-state index is 4.28. The van der Waals surface area contributed by atoms with E-state index in [1.807, 2.05) is 18.2 Å². The topological polar surface area (TPSA) is 66.5 Å². The largest absolute Gasteiger partial charge is 0.370 e. The van der Waals surface area contributed by atoms with Gasteiger partial charge in [0, 0.05) is 13.0 Å². The molecule has 0 spiro atoms. The summed E-state index contributed by atoms with van der Waals surface area (Å²) in [6, 6.07) is 5.80. The van der Waals surface area contributed by atoms with E-state index in [4.69, 9.17) is 0 Å². The molecule has 6 heteroatoms. The van der Waals surface area contributed by atoms with Crippen LogP contribution in [0.25, 0.3) is 0 Å². The third-order valence-electron chi connectivity index (χ3n) is 2.08. The second kappa shape index (κ2) is 5.60. The average molecular weight is 282 g/mol. The fraction of sp³-hybridized carbons (Fsp3) is 0.300. The van der Waals surface area contributed by atoms with Gasteiger partial charge in [-0.15, -0.1) is 0 Å². The summed E-state index contributed by atoms with van der Waals surface area (Å²) in [6.07, 6.45) is 3.41. The van der Waals surface area contributed by atoms with Gasteiger partial charge in [0.1, 0.15) is 22.6 Å². The molecule has 0 aliphatic heterocycles. The molecule has 0 aliphatic carbocycles. The molecule has 0 saturated carbocycles. The van der Waals surface area contributed by atoms with Gasteiger partial charge >= 0.3 is 0 Å². The summed E-state index contributed by atoms with van der Waals surface area (Å²) in [4.78, 5) is 8.33. The summed E-state index contributed by atoms with van der Waals surface area (Å²) < 4.78 is 0.840. The van der Waals surface area contributed by atoms with Crippen molar-refractivity contribution in [1.82, 2.24) is 20.2 Å². The highest BCUT2D eigenvalue weighted by atomic mass is 79.9. The van der Waals surface area contributed by atoms with E-state index in [1.54, 1.807) is 0 Å². The number of hydrogen-bond acceptors (Lipinski definition) is 4. The fourth-order valence-electron chi connectivity index (χ4n) is 1.33. The summed E-state index contributed by atoms with van der Waals surface area (Å²) in [7, 11) is 0. The predicted molar refractivity (Wildman–Crippen MR) is 65.1 cm³/mol. The van der Waals surface area contributed by atoms with Gasteiger partial charge in [-0.2, -0.15) is 5.10 Å². The van der Waals surface area contributed by atoms with Crippen molar-refractivity contribution in [2.75, 3.05) is 11.9 Å². The van der Waals surface area contributed by atoms with Crippen LogP contribution >= 0.6 is 15.9 Å². The normalized spacial score (nSPS) is 10.3. The molecule has 5 nitrogen and oxygen atoms in total. The Morgan fingerprint density at radius 2 is 2.31 bits per heavy atom. The second-order valence-corrected chi connectivity index (χ2v) is 4.12. The summed E-state index contributed by atoms with van der Waals surface area (Å²) >= 11 is 3.33. The van der Waals surface area contributed by atoms with Gasteiger partial charge in [-0.05, 0) is 34.5 Å². The molecule has 2 heterocycles. The zero-order valence-corrected chi connectivity index (χ0v) is 10.2. The van der Waals surface area contributed by atoms with E-state index >= 15 is 0 Å². The molecule has 2 aromatic heterocycles. The lowest BCUT2D eigenvalue weighted by Crippen LogP contribution is -2.05. The number of hydrogen-bond donors (Lipinski definition) is 2. The summed E-state index contributed by atoms with van der Waals surface area (Å²) in [5.41, 5.74) is 0. The molecule has 0 amide bonds. The van der Waals surface area contributed by atoms with Crippen LogP contribution < -0.4 is 5.32 Å². The molecule has 2 N–H and O–H groups in total. The zero-order valence-electron chi connectivity index (χ0n) is 8.65. The number of pyridine rings is 1. The van der Waals surface area contributed by atoms with Crippen LogP contribution in [-0.4, -0.2) is 26.7 Å². The Balaban J connectivity index is 1.72. The molecular formula is C10H12BrN5. The van der Waals surface area contributed by atoms with E-state index in [0.717, 1.165) is 35.6 Å². The Labute approximate surface area is 102 Å². The van der Waals surface area contributed by atoms with E-state index < -0.39 is 0 Å². The van der Waals surface area contributed by atoms with Gasteiger partial charge in [0.15, 0.2) is 0 Å². The average Bonchev–Trinajstić information content (AvgIpc) is 2.77. The molecule has 0 saturated heterocycles. The zero-order chi connectivity index (χ0) is 11.2. The third kappa shape index (κ3) is 3.30. The van der Waals surface area contributed by atoms with Gasteiger partial charge in [-0.1, -0.05) is 6.07 Å². The lowest BCUT2D eigenvalue weighted by molar-refractivity contribution is 0.803. The molecule has 0 unspecified atom stereocenters. The van der Waals surface area contributed by atoms with Crippen LogP contribution in [-0.2, 0) is 6.42 Å². The van der Waals surface area contributed by atoms with Crippen LogP contribution in [0, 0.1) is 0 Å². The Hall–Kier alpha value is -1.43. The van der Waals surface area contributed by atoms with E-state index in [-0.39, 0.29) is 0 Å². The number of nitrogens with one attached hydrogen (secondary N) is 2. The van der Waals surface area contributed by atoms with Gasteiger partial charge < -0.3 is 5.32 Å². The first-order valence-electron chi connectivity index (χ1n) is 5.05. The highest BCUT2D eigenvalue weighted by molar-refractivity contribution is 9.10. The summed E-state index contributed by atoms with van der Waals surface area (Å²) in [6.45, 7) is 0.865. The molecular weight excluding hydrogens is 270 g/mol. The summed E-state index contributed by atoms with van der Waals surface area (Å²) in [5.74, 6) is 1.80. The fourth-order valence-corrected chi connectivity index (χ4v) is 1.67. The number of aromatic nitrogens is 4. The van der Waals surface area contributed by atoms with Crippen LogP contribution in [0.1, 0.15) is 12.2 Å². The highest BCUT2D eigenvalue weighted by Gasteiger charge is 1.97. The molecule has 2 aromatic rings. The Morgan fingerprint density at radius 3 is 3.06 bits per heavy atom. The number of H-pyrrole nitrogens is 1. The van der Waals surface area contributed by atoms with E-state index in [2.05, 4.69) is 41.4 Å². The molecule has 0 radical (unpaired) electrons. The highest BCUT2D eigenvalue weighted by Crippen LogP contribution is 2.09. The van der Waals surface area contributed by atoms with Gasteiger partial charge in [0.2, 0.25) is 0 Å². The van der Waals surface area contributed by atoms with Crippen LogP contribution in [0.15, 0.2) is 29.1 Å². The minimum absolute atomic E-state index is 0.840. The van der Waals surface area contributed by atoms with Crippen molar-refractivity contribution in [1.29, 1.82) is 0 Å². The van der Waals surface area contributed by atoms with E-state index in [1.165, 1.54) is 6.33 Å². The van der Waals surface area contributed by atoms with Crippen LogP contribution in [0.5, 0.6) is 0 Å². The van der Waals surface area contributed by atoms with Crippen LogP contribution in [0.2, 0.25) is 0 Å². The number of rotatable bonds is 5. The van der Waals surface area contributed by atoms with Crippen LogP contribution in [0.3, 0.4) is 0 Å². The molecule has 0 bridgehead atoms. The van der Waals surface area contributed by atoms with Crippen molar-refractivity contribution < 1.29 is 0 Å². The van der Waals surface area contributed by atoms with E-state index in [0.29, 0.717) is 0 Å². The Bertz CT molecular complexity index is 429. The molecule has 0 atom stereocenters. The van der Waals surface area contributed by atoms with Gasteiger partial charge in [-0.25, -0.2) is 9.97 Å². The molecule has 0 aromatic carbocycles. The monoisotopic (exact) mass is 281 g/mol. The maximum atomic E-state index is 4.28. The van der Waals surface area contributed by atoms with Gasteiger partial charge in [-0.3, -0.25) is 5.10 Å². The smallest absolute Gasteiger partial charge is 0.137 e. The number of anilines is 1. The first-order chi connectivity index (χ1) is 7.84. The van der Waals surface area contributed by atoms with Gasteiger partial charge in [0.25, 0.3) is 0 Å². The molecule has 2 rings (SSSR count). The van der Waals surface area contributed by atoms with Gasteiger partial charge in [0.05, 0.1) is 0 Å². The van der Waals surface area contributed by atoms with Crippen molar-refractivity contribution in [3.8, 4) is 0 Å². The molecule has 0 aliphatic rings. The van der Waals surface area contributed by atoms with E-state index in [9.17, 15) is 0 Å². The SMILES string of the molecule is Brc1cccc(NCCCc2ncn[nH]2)n1. The van der Waals surface area contributed by atoms with Crippen molar-refractivity contribution in [3.05, 3.63) is 35.0 Å². The predicted octanol–water partition coefficient (Wildman–Crippen LogP) is 2.01. The number of aryl methyl sites for hydroxylation is 1. The first kappa shape index (κ1) is 11.1. The van der Waals surface area contributed by atoms with Crippen molar-refractivity contribution in [3.63, 3.8) is 0 Å². The molecule has 84 valence electrons. The number of aromatic amines is 1. The quantitative estimate of drug-likeness (QED) is 0.650. The molecule has 0 fully saturated rings. The Kier molecular flexibility index (Phi) is 3.87. The lowest BCUT2D eigenvalue weighted by atomic mass is 10.3. The number of nitrogens with zero attached hydrogens (tertiary/aromatic N) is 3. The van der Waals surface area contributed by atoms with Crippen molar-refractivity contribution in [2.45, 2.75) is 12.8 Å². The second-order valence-electron chi connectivity index (χ2n) is 3.31.